The molecule has 0 amide bonds. The van der Waals surface area contributed by atoms with E-state index in [1.807, 2.05) is 13.0 Å². The van der Waals surface area contributed by atoms with Crippen molar-refractivity contribution < 1.29 is 13.2 Å². The van der Waals surface area contributed by atoms with Crippen LogP contribution in [0.4, 0.5) is 13.2 Å². The van der Waals surface area contributed by atoms with Gasteiger partial charge in [-0.15, -0.1) is 0 Å². The van der Waals surface area contributed by atoms with Gasteiger partial charge in [0, 0.05) is 30.5 Å². The first-order valence-electron chi connectivity index (χ1n) is 10.7. The lowest BCUT2D eigenvalue weighted by Crippen LogP contribution is -2.29. The summed E-state index contributed by atoms with van der Waals surface area (Å²) in [5.74, 6) is 0.998. The van der Waals surface area contributed by atoms with E-state index >= 15 is 0 Å². The van der Waals surface area contributed by atoms with E-state index in [2.05, 4.69) is 46.8 Å². The van der Waals surface area contributed by atoms with Crippen molar-refractivity contribution in [1.29, 1.82) is 0 Å². The predicted octanol–water partition coefficient (Wildman–Crippen LogP) is 6.50. The van der Waals surface area contributed by atoms with Crippen molar-refractivity contribution in [2.75, 3.05) is 13.1 Å². The van der Waals surface area contributed by atoms with Crippen LogP contribution in [0.3, 0.4) is 0 Å². The molecule has 4 nitrogen and oxygen atoms in total. The molecule has 0 aliphatic carbocycles. The van der Waals surface area contributed by atoms with Crippen LogP contribution >= 0.6 is 11.6 Å². The number of rotatable bonds is 10. The lowest BCUT2D eigenvalue weighted by Gasteiger charge is -2.19. The summed E-state index contributed by atoms with van der Waals surface area (Å²) in [6.45, 7) is 12.6. The molecule has 0 aromatic carbocycles. The van der Waals surface area contributed by atoms with Crippen LogP contribution in [0.1, 0.15) is 38.7 Å². The molecule has 0 fully saturated rings. The van der Waals surface area contributed by atoms with Crippen molar-refractivity contribution in [3.63, 3.8) is 0 Å². The average Bonchev–Trinajstić information content (AvgIpc) is 2.76. The van der Waals surface area contributed by atoms with Gasteiger partial charge in [0.05, 0.1) is 0 Å². The number of hydrogen-bond acceptors (Lipinski definition) is 3. The fourth-order valence-electron chi connectivity index (χ4n) is 3.11. The zero-order valence-electron chi connectivity index (χ0n) is 19.0. The van der Waals surface area contributed by atoms with Crippen molar-refractivity contribution in [2.45, 2.75) is 39.3 Å². The van der Waals surface area contributed by atoms with E-state index in [9.17, 15) is 13.2 Å². The number of amidine groups is 1. The van der Waals surface area contributed by atoms with Crippen LogP contribution in [-0.2, 0) is 0 Å². The smallest absolute Gasteiger partial charge is 0.377 e. The molecule has 0 spiro atoms. The Labute approximate surface area is 198 Å². The topological polar surface area (TPSA) is 49.3 Å². The van der Waals surface area contributed by atoms with Gasteiger partial charge in [-0.2, -0.15) is 13.2 Å². The molecule has 8 heteroatoms. The van der Waals surface area contributed by atoms with Crippen molar-refractivity contribution in [3.05, 3.63) is 89.0 Å². The van der Waals surface area contributed by atoms with Crippen LogP contribution < -0.4 is 10.6 Å². The molecular formula is C25H30ClF3N4. The molecule has 1 aliphatic rings. The van der Waals surface area contributed by atoms with E-state index < -0.39 is 11.9 Å². The third-order valence-electron chi connectivity index (χ3n) is 5.00. The Kier molecular flexibility index (Phi) is 9.97. The van der Waals surface area contributed by atoms with Crippen molar-refractivity contribution in [2.24, 2.45) is 10.9 Å². The Hall–Kier alpha value is -2.80. The fraction of sp³-hybridized carbons (Fsp3) is 0.360. The van der Waals surface area contributed by atoms with E-state index in [-0.39, 0.29) is 6.54 Å². The summed E-state index contributed by atoms with van der Waals surface area (Å²) < 4.78 is 38.1. The third kappa shape index (κ3) is 9.30. The molecule has 1 aromatic heterocycles. The number of dihydropyridines is 1. The van der Waals surface area contributed by atoms with Crippen LogP contribution in [0.15, 0.2) is 83.3 Å². The van der Waals surface area contributed by atoms with Gasteiger partial charge in [-0.05, 0) is 50.3 Å². The number of nitrogens with one attached hydrogen (secondary N) is 2. The minimum atomic E-state index is -4.34. The van der Waals surface area contributed by atoms with Gasteiger partial charge in [-0.3, -0.25) is 0 Å². The molecule has 2 heterocycles. The number of aliphatic imine (C=N–C) groups is 1. The summed E-state index contributed by atoms with van der Waals surface area (Å²) >= 11 is 5.88. The maximum Gasteiger partial charge on any atom is 0.430 e. The Morgan fingerprint density at radius 1 is 1.36 bits per heavy atom. The van der Waals surface area contributed by atoms with Crippen LogP contribution in [0.5, 0.6) is 0 Å². The number of halogens is 4. The van der Waals surface area contributed by atoms with Gasteiger partial charge in [-0.1, -0.05) is 61.1 Å². The van der Waals surface area contributed by atoms with Crippen molar-refractivity contribution >= 4 is 17.4 Å². The molecule has 1 unspecified atom stereocenters. The Morgan fingerprint density at radius 2 is 2.12 bits per heavy atom. The van der Waals surface area contributed by atoms with Crippen molar-refractivity contribution in [1.82, 2.24) is 15.6 Å². The Morgan fingerprint density at radius 3 is 2.67 bits per heavy atom. The minimum Gasteiger partial charge on any atom is -0.377 e. The monoisotopic (exact) mass is 478 g/mol. The zero-order chi connectivity index (χ0) is 24.4. The van der Waals surface area contributed by atoms with E-state index in [4.69, 9.17) is 11.6 Å². The van der Waals surface area contributed by atoms with Crippen LogP contribution in [-0.4, -0.2) is 30.1 Å². The van der Waals surface area contributed by atoms with Gasteiger partial charge in [0.25, 0.3) is 0 Å². The first kappa shape index (κ1) is 26.5. The number of allylic oxidation sites excluding steroid dienone is 7. The highest BCUT2D eigenvalue weighted by atomic mass is 35.5. The van der Waals surface area contributed by atoms with Gasteiger partial charge < -0.3 is 10.6 Å². The molecule has 0 radical (unpaired) electrons. The Bertz CT molecular complexity index is 957. The highest BCUT2D eigenvalue weighted by Crippen LogP contribution is 2.26. The molecule has 1 aliphatic heterocycles. The molecular weight excluding hydrogens is 449 g/mol. The summed E-state index contributed by atoms with van der Waals surface area (Å²) in [6, 6.07) is 3.57. The molecule has 2 N–H and O–H groups in total. The highest BCUT2D eigenvalue weighted by Gasteiger charge is 2.34. The molecule has 178 valence electrons. The predicted molar refractivity (Wildman–Crippen MR) is 130 cm³/mol. The largest absolute Gasteiger partial charge is 0.430 e. The molecule has 1 atom stereocenters. The van der Waals surface area contributed by atoms with Crippen LogP contribution in [0, 0.1) is 5.92 Å². The maximum absolute atomic E-state index is 12.7. The lowest BCUT2D eigenvalue weighted by atomic mass is 9.99. The summed E-state index contributed by atoms with van der Waals surface area (Å²) in [6.07, 6.45) is 6.15. The summed E-state index contributed by atoms with van der Waals surface area (Å²) in [7, 11) is 0. The first-order chi connectivity index (χ1) is 15.6. The average molecular weight is 479 g/mol. The second-order valence-electron chi connectivity index (χ2n) is 8.03. The Balaban J connectivity index is 1.89. The molecule has 0 saturated carbocycles. The summed E-state index contributed by atoms with van der Waals surface area (Å²) in [5, 5.41) is 6.22. The number of pyridine rings is 1. The zero-order valence-corrected chi connectivity index (χ0v) is 19.7. The number of hydrogen-bond donors (Lipinski definition) is 2. The van der Waals surface area contributed by atoms with Crippen LogP contribution in [0.2, 0.25) is 5.15 Å². The second-order valence-corrected chi connectivity index (χ2v) is 8.41. The first-order valence-corrected chi connectivity index (χ1v) is 11.1. The lowest BCUT2D eigenvalue weighted by molar-refractivity contribution is -0.0966. The van der Waals surface area contributed by atoms with Gasteiger partial charge in [0.15, 0.2) is 0 Å². The number of nitrogens with zero attached hydrogens (tertiary/aromatic N) is 2. The van der Waals surface area contributed by atoms with E-state index in [0.717, 1.165) is 35.6 Å². The van der Waals surface area contributed by atoms with E-state index in [1.165, 1.54) is 0 Å². The van der Waals surface area contributed by atoms with Crippen LogP contribution in [0.25, 0.3) is 0 Å². The van der Waals surface area contributed by atoms with E-state index in [0.29, 0.717) is 35.6 Å². The molecule has 0 bridgehead atoms. The molecule has 33 heavy (non-hydrogen) atoms. The quantitative estimate of drug-likeness (QED) is 0.175. The van der Waals surface area contributed by atoms with Gasteiger partial charge in [-0.25, -0.2) is 9.98 Å². The molecule has 1 aromatic rings. The molecule has 0 saturated heterocycles. The summed E-state index contributed by atoms with van der Waals surface area (Å²) in [4.78, 5) is 8.58. The van der Waals surface area contributed by atoms with E-state index in [1.54, 1.807) is 24.4 Å². The van der Waals surface area contributed by atoms with Gasteiger partial charge >= 0.3 is 6.18 Å². The fourth-order valence-corrected chi connectivity index (χ4v) is 3.22. The normalized spacial score (nSPS) is 15.8. The SMILES string of the molecule is C=C/C(=C\CC(C)CN/C(=N\C(=C)C)c1ccc(Cl)nc1)CCC1=CC=C(C(F)(F)F)NC1. The van der Waals surface area contributed by atoms with Gasteiger partial charge in [0.1, 0.15) is 16.7 Å². The standard InChI is InChI=1S/C25H30ClF3N4/c1-5-19(8-9-20-10-12-22(30-15-20)25(27,28)29)7-6-18(4)14-32-24(33-17(2)3)21-11-13-23(26)31-16-21/h5,7,10-13,16,18,30H,1-2,6,8-9,14-15H2,3-4H3,(H,32,33)/b19-7+. The third-order valence-corrected chi connectivity index (χ3v) is 5.22. The second kappa shape index (κ2) is 12.4. The van der Waals surface area contributed by atoms with Crippen molar-refractivity contribution in [3.8, 4) is 0 Å². The summed E-state index contributed by atoms with van der Waals surface area (Å²) in [5.41, 5.74) is 2.82. The number of alkyl halides is 3. The maximum atomic E-state index is 12.7. The number of aromatic nitrogens is 1. The molecule has 2 rings (SSSR count). The minimum absolute atomic E-state index is 0.209. The highest BCUT2D eigenvalue weighted by molar-refractivity contribution is 6.29. The van der Waals surface area contributed by atoms with Gasteiger partial charge in [0.2, 0.25) is 0 Å².